The molecule has 1 aliphatic heterocycles. The first-order valence-corrected chi connectivity index (χ1v) is 9.27. The molecule has 1 fully saturated rings. The van der Waals surface area contributed by atoms with Crippen molar-refractivity contribution in [2.75, 3.05) is 40.4 Å². The number of amides is 1. The summed E-state index contributed by atoms with van der Waals surface area (Å²) in [6.45, 7) is 1.97. The Morgan fingerprint density at radius 1 is 1.37 bits per heavy atom. The molecule has 0 radical (unpaired) electrons. The normalized spacial score (nSPS) is 16.6. The third-order valence-corrected chi connectivity index (χ3v) is 4.32. The van der Waals surface area contributed by atoms with Crippen LogP contribution in [0.25, 0.3) is 0 Å². The number of rotatable bonds is 7. The van der Waals surface area contributed by atoms with E-state index in [1.807, 2.05) is 25.1 Å². The number of aryl methyl sites for hydroxylation is 1. The zero-order valence-electron chi connectivity index (χ0n) is 17.2. The zero-order valence-corrected chi connectivity index (χ0v) is 19.5. The first-order valence-electron chi connectivity index (χ1n) is 9.27. The van der Waals surface area contributed by atoms with E-state index in [0.29, 0.717) is 30.6 Å². The lowest BCUT2D eigenvalue weighted by Crippen LogP contribution is -2.45. The first-order chi connectivity index (χ1) is 13.7. The molecule has 1 unspecified atom stereocenters. The number of likely N-dealkylation sites (N-methyl/N-ethyl adjacent to an activating group) is 1. The fourth-order valence-corrected chi connectivity index (χ4v) is 2.75. The summed E-state index contributed by atoms with van der Waals surface area (Å²) in [6, 6.07) is 5.84. The van der Waals surface area contributed by atoms with E-state index in [4.69, 9.17) is 9.47 Å². The van der Waals surface area contributed by atoms with Crippen LogP contribution in [0.1, 0.15) is 17.5 Å². The van der Waals surface area contributed by atoms with E-state index in [1.165, 1.54) is 7.05 Å². The van der Waals surface area contributed by atoms with Crippen LogP contribution in [0.3, 0.4) is 0 Å². The van der Waals surface area contributed by atoms with E-state index in [2.05, 4.69) is 15.6 Å². The SMILES string of the molecule is CN=C(NCC(=O)N(C)CC(F)(F)F)NCc1ccc(C)cc1OC1CCOC1.I. The van der Waals surface area contributed by atoms with Crippen molar-refractivity contribution in [1.82, 2.24) is 15.5 Å². The Morgan fingerprint density at radius 3 is 2.70 bits per heavy atom. The molecule has 30 heavy (non-hydrogen) atoms. The number of alkyl halides is 3. The number of ether oxygens (including phenoxy) is 2. The monoisotopic (exact) mass is 544 g/mol. The summed E-state index contributed by atoms with van der Waals surface area (Å²) in [6.07, 6.45) is -3.59. The maximum atomic E-state index is 12.4. The smallest absolute Gasteiger partial charge is 0.406 e. The van der Waals surface area contributed by atoms with Crippen molar-refractivity contribution in [3.05, 3.63) is 29.3 Å². The van der Waals surface area contributed by atoms with Crippen molar-refractivity contribution < 1.29 is 27.4 Å². The number of guanidine groups is 1. The van der Waals surface area contributed by atoms with Crippen LogP contribution in [-0.2, 0) is 16.1 Å². The van der Waals surface area contributed by atoms with Crippen LogP contribution in [0.2, 0.25) is 0 Å². The van der Waals surface area contributed by atoms with Crippen molar-refractivity contribution >= 4 is 35.8 Å². The average molecular weight is 544 g/mol. The average Bonchev–Trinajstić information content (AvgIpc) is 3.14. The van der Waals surface area contributed by atoms with Crippen molar-refractivity contribution in [2.45, 2.75) is 32.2 Å². The quantitative estimate of drug-likeness (QED) is 0.314. The number of hydrogen-bond acceptors (Lipinski definition) is 4. The van der Waals surface area contributed by atoms with Crippen LogP contribution in [0.15, 0.2) is 23.2 Å². The number of carbonyl (C=O) groups excluding carboxylic acids is 1. The van der Waals surface area contributed by atoms with Gasteiger partial charge in [-0.05, 0) is 18.6 Å². The van der Waals surface area contributed by atoms with Crippen LogP contribution in [-0.4, -0.2) is 69.4 Å². The topological polar surface area (TPSA) is 75.2 Å². The summed E-state index contributed by atoms with van der Waals surface area (Å²) < 4.78 is 48.5. The van der Waals surface area contributed by atoms with Crippen LogP contribution < -0.4 is 15.4 Å². The van der Waals surface area contributed by atoms with Gasteiger partial charge in [0, 0.05) is 32.6 Å². The minimum absolute atomic E-state index is 0. The number of hydrogen-bond donors (Lipinski definition) is 2. The number of nitrogens with one attached hydrogen (secondary N) is 2. The maximum absolute atomic E-state index is 12.4. The third kappa shape index (κ3) is 8.94. The van der Waals surface area contributed by atoms with Crippen LogP contribution in [0.5, 0.6) is 5.75 Å². The molecule has 0 aromatic heterocycles. The molecule has 11 heteroatoms. The Morgan fingerprint density at radius 2 is 2.10 bits per heavy atom. The van der Waals surface area contributed by atoms with Crippen LogP contribution >= 0.6 is 24.0 Å². The van der Waals surface area contributed by atoms with E-state index in [-0.39, 0.29) is 36.6 Å². The molecule has 0 saturated carbocycles. The fraction of sp³-hybridized carbons (Fsp3) is 0.579. The van der Waals surface area contributed by atoms with Crippen molar-refractivity contribution in [2.24, 2.45) is 4.99 Å². The predicted octanol–water partition coefficient (Wildman–Crippen LogP) is 2.47. The Kier molecular flexibility index (Phi) is 10.7. The molecule has 0 bridgehead atoms. The molecule has 1 amide bonds. The third-order valence-electron chi connectivity index (χ3n) is 4.32. The molecule has 2 rings (SSSR count). The van der Waals surface area contributed by atoms with Gasteiger partial charge in [0.15, 0.2) is 5.96 Å². The highest BCUT2D eigenvalue weighted by Crippen LogP contribution is 2.23. The Bertz CT molecular complexity index is 725. The molecule has 1 aliphatic rings. The molecule has 7 nitrogen and oxygen atoms in total. The Labute approximate surface area is 191 Å². The minimum atomic E-state index is -4.43. The van der Waals surface area contributed by atoms with E-state index in [9.17, 15) is 18.0 Å². The number of aliphatic imine (C=N–C) groups is 1. The lowest BCUT2D eigenvalue weighted by atomic mass is 10.1. The second-order valence-corrected chi connectivity index (χ2v) is 6.86. The number of halogens is 4. The van der Waals surface area contributed by atoms with Crippen LogP contribution in [0, 0.1) is 6.92 Å². The zero-order chi connectivity index (χ0) is 21.4. The number of benzene rings is 1. The number of nitrogens with zero attached hydrogens (tertiary/aromatic N) is 2. The Balaban J connectivity index is 0.00000450. The number of carbonyl (C=O) groups is 1. The highest BCUT2D eigenvalue weighted by molar-refractivity contribution is 14.0. The van der Waals surface area contributed by atoms with Gasteiger partial charge in [0.2, 0.25) is 5.91 Å². The van der Waals surface area contributed by atoms with Gasteiger partial charge >= 0.3 is 6.18 Å². The predicted molar refractivity (Wildman–Crippen MR) is 118 cm³/mol. The van der Waals surface area contributed by atoms with Gasteiger partial charge < -0.3 is 25.0 Å². The second-order valence-electron chi connectivity index (χ2n) is 6.86. The molecular weight excluding hydrogens is 516 g/mol. The minimum Gasteiger partial charge on any atom is -0.488 e. The highest BCUT2D eigenvalue weighted by Gasteiger charge is 2.31. The van der Waals surface area contributed by atoms with Gasteiger partial charge in [0.05, 0.1) is 19.8 Å². The van der Waals surface area contributed by atoms with E-state index in [1.54, 1.807) is 0 Å². The lowest BCUT2D eigenvalue weighted by molar-refractivity contribution is -0.157. The van der Waals surface area contributed by atoms with Gasteiger partial charge in [0.25, 0.3) is 0 Å². The molecule has 1 aromatic carbocycles. The standard InChI is InChI=1S/C19H27F3N4O3.HI/c1-13-4-5-14(16(8-13)29-15-6-7-28-11-15)9-24-18(23-2)25-10-17(27)26(3)12-19(20,21)22;/h4-5,8,15H,6-7,9-12H2,1-3H3,(H2,23,24,25);1H. The molecule has 170 valence electrons. The lowest BCUT2D eigenvalue weighted by Gasteiger charge is -2.20. The molecule has 2 N–H and O–H groups in total. The summed E-state index contributed by atoms with van der Waals surface area (Å²) in [5.41, 5.74) is 1.95. The molecule has 1 saturated heterocycles. The largest absolute Gasteiger partial charge is 0.488 e. The fourth-order valence-electron chi connectivity index (χ4n) is 2.75. The summed E-state index contributed by atoms with van der Waals surface area (Å²) in [4.78, 5) is 16.5. The van der Waals surface area contributed by atoms with Crippen molar-refractivity contribution in [1.29, 1.82) is 0 Å². The van der Waals surface area contributed by atoms with Gasteiger partial charge in [-0.25, -0.2) is 0 Å². The molecule has 1 heterocycles. The van der Waals surface area contributed by atoms with Crippen LogP contribution in [0.4, 0.5) is 13.2 Å². The summed E-state index contributed by atoms with van der Waals surface area (Å²) in [5, 5.41) is 5.78. The van der Waals surface area contributed by atoms with Gasteiger partial charge in [-0.15, -0.1) is 24.0 Å². The second kappa shape index (κ2) is 12.2. The van der Waals surface area contributed by atoms with Gasteiger partial charge in [-0.2, -0.15) is 13.2 Å². The van der Waals surface area contributed by atoms with E-state index >= 15 is 0 Å². The van der Waals surface area contributed by atoms with Crippen molar-refractivity contribution in [3.8, 4) is 5.75 Å². The summed E-state index contributed by atoms with van der Waals surface area (Å²) in [7, 11) is 2.62. The first kappa shape index (κ1) is 26.3. The van der Waals surface area contributed by atoms with Gasteiger partial charge in [-0.1, -0.05) is 12.1 Å². The molecule has 0 aliphatic carbocycles. The molecular formula is C19H28F3IN4O3. The van der Waals surface area contributed by atoms with Crippen molar-refractivity contribution in [3.63, 3.8) is 0 Å². The maximum Gasteiger partial charge on any atom is 0.406 e. The molecule has 1 atom stereocenters. The highest BCUT2D eigenvalue weighted by atomic mass is 127. The van der Waals surface area contributed by atoms with Gasteiger partial charge in [-0.3, -0.25) is 9.79 Å². The van der Waals surface area contributed by atoms with E-state index < -0.39 is 18.6 Å². The van der Waals surface area contributed by atoms with Gasteiger partial charge in [0.1, 0.15) is 18.4 Å². The molecule has 0 spiro atoms. The van der Waals surface area contributed by atoms with E-state index in [0.717, 1.165) is 30.3 Å². The Hall–Kier alpha value is -1.76. The summed E-state index contributed by atoms with van der Waals surface area (Å²) in [5.74, 6) is 0.352. The molecule has 1 aromatic rings. The summed E-state index contributed by atoms with van der Waals surface area (Å²) >= 11 is 0.